The summed E-state index contributed by atoms with van der Waals surface area (Å²) in [5.74, 6) is 0.769. The van der Waals surface area contributed by atoms with Crippen molar-refractivity contribution in [3.05, 3.63) is 77.6 Å². The zero-order valence-electron chi connectivity index (χ0n) is 14.9. The molecule has 1 aliphatic rings. The number of aryl methyl sites for hydroxylation is 1. The van der Waals surface area contributed by atoms with E-state index < -0.39 is 0 Å². The SMILES string of the molecule is Cc1ccc(N2C(=O)c3cc(COc4ccccc4)nn3CC2C)cc1. The Morgan fingerprint density at radius 2 is 1.85 bits per heavy atom. The van der Waals surface area contributed by atoms with Crippen molar-refractivity contribution in [2.24, 2.45) is 0 Å². The number of amides is 1. The second-order valence-electron chi connectivity index (χ2n) is 6.66. The monoisotopic (exact) mass is 347 g/mol. The van der Waals surface area contributed by atoms with Gasteiger partial charge in [0.25, 0.3) is 5.91 Å². The summed E-state index contributed by atoms with van der Waals surface area (Å²) in [5, 5.41) is 4.55. The van der Waals surface area contributed by atoms with Gasteiger partial charge in [0.05, 0.1) is 12.6 Å². The minimum atomic E-state index is -0.0222. The molecule has 0 saturated carbocycles. The first-order valence-electron chi connectivity index (χ1n) is 8.76. The van der Waals surface area contributed by atoms with Crippen molar-refractivity contribution in [1.29, 1.82) is 0 Å². The fourth-order valence-corrected chi connectivity index (χ4v) is 3.26. The Bertz CT molecular complexity index is 916. The molecule has 132 valence electrons. The van der Waals surface area contributed by atoms with Crippen LogP contribution in [-0.2, 0) is 13.2 Å². The molecule has 2 heterocycles. The van der Waals surface area contributed by atoms with Crippen molar-refractivity contribution in [3.63, 3.8) is 0 Å². The highest BCUT2D eigenvalue weighted by Crippen LogP contribution is 2.26. The lowest BCUT2D eigenvalue weighted by Gasteiger charge is -2.33. The quantitative estimate of drug-likeness (QED) is 0.721. The van der Waals surface area contributed by atoms with E-state index in [0.29, 0.717) is 18.8 Å². The highest BCUT2D eigenvalue weighted by atomic mass is 16.5. The van der Waals surface area contributed by atoms with Crippen molar-refractivity contribution < 1.29 is 9.53 Å². The topological polar surface area (TPSA) is 47.4 Å². The summed E-state index contributed by atoms with van der Waals surface area (Å²) in [6.45, 7) is 5.10. The summed E-state index contributed by atoms with van der Waals surface area (Å²) >= 11 is 0. The van der Waals surface area contributed by atoms with Crippen LogP contribution in [0.25, 0.3) is 0 Å². The number of carbonyl (C=O) groups is 1. The van der Waals surface area contributed by atoms with Crippen LogP contribution in [0.5, 0.6) is 5.75 Å². The molecule has 0 bridgehead atoms. The molecule has 3 aromatic rings. The van der Waals surface area contributed by atoms with Crippen LogP contribution in [0.1, 0.15) is 28.7 Å². The maximum Gasteiger partial charge on any atom is 0.276 e. The molecule has 1 amide bonds. The minimum Gasteiger partial charge on any atom is -0.487 e. The summed E-state index contributed by atoms with van der Waals surface area (Å²) in [7, 11) is 0. The van der Waals surface area contributed by atoms with Crippen molar-refractivity contribution in [3.8, 4) is 5.75 Å². The van der Waals surface area contributed by atoms with E-state index in [2.05, 4.69) is 5.10 Å². The number of hydrogen-bond acceptors (Lipinski definition) is 3. The van der Waals surface area contributed by atoms with Gasteiger partial charge < -0.3 is 9.64 Å². The van der Waals surface area contributed by atoms with E-state index >= 15 is 0 Å². The van der Waals surface area contributed by atoms with Gasteiger partial charge in [0.1, 0.15) is 23.7 Å². The minimum absolute atomic E-state index is 0.0222. The molecular formula is C21H21N3O2. The lowest BCUT2D eigenvalue weighted by molar-refractivity contribution is 0.0947. The molecule has 0 spiro atoms. The van der Waals surface area contributed by atoms with Crippen LogP contribution in [-0.4, -0.2) is 21.7 Å². The third-order valence-electron chi connectivity index (χ3n) is 4.59. The summed E-state index contributed by atoms with van der Waals surface area (Å²) < 4.78 is 7.55. The molecule has 1 aromatic heterocycles. The summed E-state index contributed by atoms with van der Waals surface area (Å²) in [6, 6.07) is 19.5. The maximum atomic E-state index is 13.0. The number of fused-ring (bicyclic) bond motifs is 1. The highest BCUT2D eigenvalue weighted by Gasteiger charge is 2.32. The Hall–Kier alpha value is -3.08. The van der Waals surface area contributed by atoms with Crippen LogP contribution >= 0.6 is 0 Å². The van der Waals surface area contributed by atoms with Crippen LogP contribution in [0.15, 0.2) is 60.7 Å². The molecule has 5 nitrogen and oxygen atoms in total. The van der Waals surface area contributed by atoms with Crippen molar-refractivity contribution in [2.75, 3.05) is 4.90 Å². The van der Waals surface area contributed by atoms with Gasteiger partial charge >= 0.3 is 0 Å². The first-order chi connectivity index (χ1) is 12.6. The van der Waals surface area contributed by atoms with Crippen molar-refractivity contribution >= 4 is 11.6 Å². The van der Waals surface area contributed by atoms with E-state index in [-0.39, 0.29) is 11.9 Å². The number of carbonyl (C=O) groups excluding carboxylic acids is 1. The van der Waals surface area contributed by atoms with Gasteiger partial charge in [-0.05, 0) is 44.2 Å². The molecule has 5 heteroatoms. The molecule has 0 saturated heterocycles. The van der Waals surface area contributed by atoms with E-state index in [1.54, 1.807) is 4.68 Å². The molecular weight excluding hydrogens is 326 g/mol. The van der Waals surface area contributed by atoms with Gasteiger partial charge in [-0.3, -0.25) is 9.48 Å². The molecule has 0 radical (unpaired) electrons. The third-order valence-corrected chi connectivity index (χ3v) is 4.59. The number of para-hydroxylation sites is 1. The first-order valence-corrected chi connectivity index (χ1v) is 8.76. The van der Waals surface area contributed by atoms with Gasteiger partial charge in [-0.15, -0.1) is 0 Å². The van der Waals surface area contributed by atoms with E-state index in [4.69, 9.17) is 4.74 Å². The zero-order chi connectivity index (χ0) is 18.1. The lowest BCUT2D eigenvalue weighted by atomic mass is 10.1. The average molecular weight is 347 g/mol. The normalized spacial score (nSPS) is 16.5. The Morgan fingerprint density at radius 3 is 2.58 bits per heavy atom. The number of ether oxygens (including phenoxy) is 1. The number of rotatable bonds is 4. The Morgan fingerprint density at radius 1 is 1.12 bits per heavy atom. The molecule has 4 rings (SSSR count). The fourth-order valence-electron chi connectivity index (χ4n) is 3.26. The molecule has 26 heavy (non-hydrogen) atoms. The van der Waals surface area contributed by atoms with Crippen LogP contribution in [0.2, 0.25) is 0 Å². The molecule has 1 aliphatic heterocycles. The number of anilines is 1. The van der Waals surface area contributed by atoms with Crippen LogP contribution in [0, 0.1) is 6.92 Å². The van der Waals surface area contributed by atoms with Crippen LogP contribution < -0.4 is 9.64 Å². The van der Waals surface area contributed by atoms with Gasteiger partial charge in [0.2, 0.25) is 0 Å². The largest absolute Gasteiger partial charge is 0.487 e. The van der Waals surface area contributed by atoms with Gasteiger partial charge in [-0.25, -0.2) is 0 Å². The number of hydrogen-bond donors (Lipinski definition) is 0. The van der Waals surface area contributed by atoms with Gasteiger partial charge in [-0.1, -0.05) is 35.9 Å². The third kappa shape index (κ3) is 3.08. The van der Waals surface area contributed by atoms with E-state index in [1.807, 2.05) is 79.4 Å². The second kappa shape index (κ2) is 6.67. The lowest BCUT2D eigenvalue weighted by Crippen LogP contribution is -2.46. The summed E-state index contributed by atoms with van der Waals surface area (Å²) in [6.07, 6.45) is 0. The molecule has 0 N–H and O–H groups in total. The Kier molecular flexibility index (Phi) is 4.21. The Labute approximate surface area is 152 Å². The number of benzene rings is 2. The van der Waals surface area contributed by atoms with E-state index in [1.165, 1.54) is 5.56 Å². The molecule has 2 aromatic carbocycles. The fraction of sp³-hybridized carbons (Fsp3) is 0.238. The van der Waals surface area contributed by atoms with E-state index in [0.717, 1.165) is 17.1 Å². The van der Waals surface area contributed by atoms with Crippen molar-refractivity contribution in [2.45, 2.75) is 33.0 Å². The van der Waals surface area contributed by atoms with Gasteiger partial charge in [-0.2, -0.15) is 5.10 Å². The zero-order valence-corrected chi connectivity index (χ0v) is 14.9. The molecule has 1 atom stereocenters. The number of aromatic nitrogens is 2. The van der Waals surface area contributed by atoms with Gasteiger partial charge in [0, 0.05) is 5.69 Å². The Balaban J connectivity index is 1.56. The predicted molar refractivity (Wildman–Crippen MR) is 100 cm³/mol. The average Bonchev–Trinajstić information content (AvgIpc) is 3.05. The first kappa shape index (κ1) is 16.4. The van der Waals surface area contributed by atoms with Crippen LogP contribution in [0.3, 0.4) is 0 Å². The van der Waals surface area contributed by atoms with Gasteiger partial charge in [0.15, 0.2) is 0 Å². The molecule has 0 fully saturated rings. The van der Waals surface area contributed by atoms with E-state index in [9.17, 15) is 4.79 Å². The molecule has 1 unspecified atom stereocenters. The molecule has 0 aliphatic carbocycles. The summed E-state index contributed by atoms with van der Waals surface area (Å²) in [5.41, 5.74) is 3.46. The number of nitrogens with zero attached hydrogens (tertiary/aromatic N) is 3. The smallest absolute Gasteiger partial charge is 0.276 e. The standard InChI is InChI=1S/C21H21N3O2/c1-15-8-10-18(11-9-15)24-16(2)13-23-20(21(24)25)12-17(22-23)14-26-19-6-4-3-5-7-19/h3-12,16H,13-14H2,1-2H3. The second-order valence-corrected chi connectivity index (χ2v) is 6.66. The maximum absolute atomic E-state index is 13.0. The predicted octanol–water partition coefficient (Wildman–Crippen LogP) is 3.82. The van der Waals surface area contributed by atoms with Crippen molar-refractivity contribution in [1.82, 2.24) is 9.78 Å². The highest BCUT2D eigenvalue weighted by molar-refractivity contribution is 6.06. The van der Waals surface area contributed by atoms with Crippen LogP contribution in [0.4, 0.5) is 5.69 Å². The summed E-state index contributed by atoms with van der Waals surface area (Å²) in [4.78, 5) is 14.9.